The molecule has 0 saturated heterocycles. The molecule has 3 rings (SSSR count). The molecule has 176 valence electrons. The van der Waals surface area contributed by atoms with Crippen molar-refractivity contribution in [3.8, 4) is 11.8 Å². The maximum absolute atomic E-state index is 13.9. The second kappa shape index (κ2) is 11.5. The molecule has 0 N–H and O–H groups in total. The number of nitrogens with zero attached hydrogens (tertiary/aromatic N) is 3. The van der Waals surface area contributed by atoms with Crippen LogP contribution >= 0.6 is 0 Å². The molecular formula is C25H28F3N3O2. The van der Waals surface area contributed by atoms with Crippen LogP contribution in [-0.2, 0) is 12.8 Å². The van der Waals surface area contributed by atoms with E-state index in [0.29, 0.717) is 18.0 Å². The maximum atomic E-state index is 13.9. The number of ether oxygens (including phenoxy) is 2. The molecule has 0 aliphatic carbocycles. The quantitative estimate of drug-likeness (QED) is 0.295. The number of para-hydroxylation sites is 2. The number of hydrogen-bond acceptors (Lipinski definition) is 5. The number of alkyl halides is 3. The van der Waals surface area contributed by atoms with Crippen molar-refractivity contribution in [3.05, 3.63) is 71.9 Å². The summed E-state index contributed by atoms with van der Waals surface area (Å²) in [6.45, 7) is 4.74. The molecule has 0 amide bonds. The van der Waals surface area contributed by atoms with Gasteiger partial charge in [0.25, 0.3) is 0 Å². The van der Waals surface area contributed by atoms with E-state index in [0.717, 1.165) is 31.0 Å². The highest BCUT2D eigenvalue weighted by atomic mass is 19.4. The first-order valence-electron chi connectivity index (χ1n) is 11.0. The number of anilines is 2. The van der Waals surface area contributed by atoms with Crippen LogP contribution in [0.2, 0.25) is 0 Å². The lowest BCUT2D eigenvalue weighted by Crippen LogP contribution is -2.23. The van der Waals surface area contributed by atoms with Gasteiger partial charge in [0, 0.05) is 12.7 Å². The fourth-order valence-corrected chi connectivity index (χ4v) is 3.33. The zero-order valence-corrected chi connectivity index (χ0v) is 18.8. The van der Waals surface area contributed by atoms with Gasteiger partial charge in [-0.15, -0.1) is 0 Å². The lowest BCUT2D eigenvalue weighted by atomic mass is 10.2. The fourth-order valence-electron chi connectivity index (χ4n) is 3.33. The molecule has 0 saturated carbocycles. The molecule has 0 unspecified atom stereocenters. The third-order valence-electron chi connectivity index (χ3n) is 5.00. The van der Waals surface area contributed by atoms with E-state index in [1.54, 1.807) is 31.2 Å². The molecule has 5 nitrogen and oxygen atoms in total. The predicted octanol–water partition coefficient (Wildman–Crippen LogP) is 6.80. The minimum absolute atomic E-state index is 0.123. The second-order valence-corrected chi connectivity index (χ2v) is 7.43. The van der Waals surface area contributed by atoms with Crippen molar-refractivity contribution in [2.45, 2.75) is 45.9 Å². The highest BCUT2D eigenvalue weighted by Gasteiger charge is 2.37. The van der Waals surface area contributed by atoms with Crippen LogP contribution in [0, 0.1) is 0 Å². The molecular weight excluding hydrogens is 431 g/mol. The molecule has 3 aromatic rings. The third kappa shape index (κ3) is 6.60. The van der Waals surface area contributed by atoms with Crippen molar-refractivity contribution in [1.82, 2.24) is 9.97 Å². The lowest BCUT2D eigenvalue weighted by Gasteiger charge is -2.27. The van der Waals surface area contributed by atoms with E-state index in [1.807, 2.05) is 30.3 Å². The fraction of sp³-hybridized carbons (Fsp3) is 0.360. The van der Waals surface area contributed by atoms with Gasteiger partial charge < -0.3 is 14.4 Å². The largest absolute Gasteiger partial charge is 0.491 e. The molecule has 0 fully saturated rings. The molecule has 33 heavy (non-hydrogen) atoms. The molecule has 2 aromatic carbocycles. The summed E-state index contributed by atoms with van der Waals surface area (Å²) in [5.74, 6) is 0.238. The van der Waals surface area contributed by atoms with Crippen LogP contribution in [0.15, 0.2) is 60.8 Å². The average Bonchev–Trinajstić information content (AvgIpc) is 2.82. The Kier molecular flexibility index (Phi) is 8.52. The standard InChI is InChI=1S/C25H28F3N3O2/c1-3-5-11-16-32-22-15-10-9-14-21(22)31(4-2)23-20(25(26,27)28)17-29-24(30-23)33-18-19-12-7-6-8-13-19/h6-10,12-15,17H,3-5,11,16,18H2,1-2H3. The lowest BCUT2D eigenvalue weighted by molar-refractivity contribution is -0.137. The van der Waals surface area contributed by atoms with Crippen LogP contribution in [0.4, 0.5) is 24.7 Å². The highest BCUT2D eigenvalue weighted by molar-refractivity contribution is 5.69. The smallest absolute Gasteiger partial charge is 0.421 e. The van der Waals surface area contributed by atoms with Gasteiger partial charge >= 0.3 is 12.2 Å². The van der Waals surface area contributed by atoms with Crippen LogP contribution in [-0.4, -0.2) is 23.1 Å². The van der Waals surface area contributed by atoms with E-state index in [1.165, 1.54) is 4.90 Å². The molecule has 0 spiro atoms. The molecule has 0 aliphatic rings. The van der Waals surface area contributed by atoms with Crippen LogP contribution < -0.4 is 14.4 Å². The van der Waals surface area contributed by atoms with Gasteiger partial charge in [0.2, 0.25) is 0 Å². The van der Waals surface area contributed by atoms with Gasteiger partial charge in [0.05, 0.1) is 12.3 Å². The van der Waals surface area contributed by atoms with Crippen molar-refractivity contribution in [3.63, 3.8) is 0 Å². The summed E-state index contributed by atoms with van der Waals surface area (Å²) in [4.78, 5) is 9.46. The summed E-state index contributed by atoms with van der Waals surface area (Å²) < 4.78 is 53.1. The summed E-state index contributed by atoms with van der Waals surface area (Å²) in [5, 5.41) is 0. The highest BCUT2D eigenvalue weighted by Crippen LogP contribution is 2.40. The molecule has 1 aromatic heterocycles. The summed E-state index contributed by atoms with van der Waals surface area (Å²) >= 11 is 0. The van der Waals surface area contributed by atoms with Crippen LogP contribution in [0.3, 0.4) is 0 Å². The van der Waals surface area contributed by atoms with Crippen molar-refractivity contribution >= 4 is 11.5 Å². The average molecular weight is 460 g/mol. The molecule has 0 aliphatic heterocycles. The van der Waals surface area contributed by atoms with E-state index in [9.17, 15) is 13.2 Å². The summed E-state index contributed by atoms with van der Waals surface area (Å²) in [6, 6.07) is 16.2. The Morgan fingerprint density at radius 1 is 0.909 bits per heavy atom. The van der Waals surface area contributed by atoms with E-state index in [2.05, 4.69) is 16.9 Å². The summed E-state index contributed by atoms with van der Waals surface area (Å²) in [7, 11) is 0. The minimum Gasteiger partial charge on any atom is -0.491 e. The van der Waals surface area contributed by atoms with Gasteiger partial charge in [-0.05, 0) is 31.0 Å². The zero-order chi connectivity index (χ0) is 23.7. The Bertz CT molecular complexity index is 1010. The monoisotopic (exact) mass is 459 g/mol. The number of hydrogen-bond donors (Lipinski definition) is 0. The minimum atomic E-state index is -4.63. The van der Waals surface area contributed by atoms with Gasteiger partial charge in [-0.1, -0.05) is 62.2 Å². The summed E-state index contributed by atoms with van der Waals surface area (Å²) in [6.07, 6.45) is -0.914. The maximum Gasteiger partial charge on any atom is 0.421 e. The topological polar surface area (TPSA) is 47.5 Å². The molecule has 0 radical (unpaired) electrons. The third-order valence-corrected chi connectivity index (χ3v) is 5.00. The Balaban J connectivity index is 1.94. The van der Waals surface area contributed by atoms with Crippen LogP contribution in [0.25, 0.3) is 0 Å². The van der Waals surface area contributed by atoms with E-state index >= 15 is 0 Å². The number of unbranched alkanes of at least 4 members (excludes halogenated alkanes) is 2. The normalized spacial score (nSPS) is 11.3. The Labute approximate surface area is 192 Å². The Morgan fingerprint density at radius 3 is 2.33 bits per heavy atom. The van der Waals surface area contributed by atoms with Gasteiger partial charge in [-0.25, -0.2) is 4.98 Å². The number of rotatable bonds is 11. The van der Waals surface area contributed by atoms with Gasteiger partial charge in [-0.3, -0.25) is 0 Å². The van der Waals surface area contributed by atoms with Crippen molar-refractivity contribution in [2.24, 2.45) is 0 Å². The molecule has 1 heterocycles. The van der Waals surface area contributed by atoms with Crippen molar-refractivity contribution < 1.29 is 22.6 Å². The SMILES string of the molecule is CCCCCOc1ccccc1N(CC)c1nc(OCc2ccccc2)ncc1C(F)(F)F. The van der Waals surface area contributed by atoms with Gasteiger partial charge in [0.1, 0.15) is 17.9 Å². The zero-order valence-electron chi connectivity index (χ0n) is 18.8. The second-order valence-electron chi connectivity index (χ2n) is 7.43. The summed E-state index contributed by atoms with van der Waals surface area (Å²) in [5.41, 5.74) is 0.438. The van der Waals surface area contributed by atoms with E-state index in [4.69, 9.17) is 9.47 Å². The van der Waals surface area contributed by atoms with Crippen molar-refractivity contribution in [1.29, 1.82) is 0 Å². The first-order chi connectivity index (χ1) is 15.9. The number of aromatic nitrogens is 2. The van der Waals surface area contributed by atoms with Gasteiger partial charge in [-0.2, -0.15) is 18.2 Å². The van der Waals surface area contributed by atoms with Crippen LogP contribution in [0.1, 0.15) is 44.2 Å². The first kappa shape index (κ1) is 24.4. The molecule has 8 heteroatoms. The van der Waals surface area contributed by atoms with Crippen molar-refractivity contribution in [2.75, 3.05) is 18.1 Å². The predicted molar refractivity (Wildman–Crippen MR) is 122 cm³/mol. The van der Waals surface area contributed by atoms with E-state index in [-0.39, 0.29) is 25.0 Å². The number of benzene rings is 2. The van der Waals surface area contributed by atoms with Gasteiger partial charge in [0.15, 0.2) is 5.82 Å². The molecule has 0 atom stereocenters. The Hall–Kier alpha value is -3.29. The Morgan fingerprint density at radius 2 is 1.64 bits per heavy atom. The van der Waals surface area contributed by atoms with E-state index < -0.39 is 11.7 Å². The molecule has 0 bridgehead atoms. The first-order valence-corrected chi connectivity index (χ1v) is 11.0. The number of halogens is 3. The van der Waals surface area contributed by atoms with Crippen LogP contribution in [0.5, 0.6) is 11.8 Å².